The highest BCUT2D eigenvalue weighted by molar-refractivity contribution is 6.06. The molecule has 0 saturated heterocycles. The molecule has 0 aliphatic heterocycles. The molecule has 6 N–H and O–H groups in total. The summed E-state index contributed by atoms with van der Waals surface area (Å²) >= 11 is 0. The van der Waals surface area contributed by atoms with Crippen molar-refractivity contribution in [3.05, 3.63) is 0 Å². The number of hydrogen-bond acceptors (Lipinski definition) is 4. The van der Waals surface area contributed by atoms with E-state index in [2.05, 4.69) is 10.5 Å². The molecule has 0 spiro atoms. The van der Waals surface area contributed by atoms with Gasteiger partial charge in [0.15, 0.2) is 5.84 Å². The Morgan fingerprint density at radius 1 is 1.25 bits per heavy atom. The fourth-order valence-electron chi connectivity index (χ4n) is 2.39. The van der Waals surface area contributed by atoms with Crippen molar-refractivity contribution in [1.82, 2.24) is 5.32 Å². The second-order valence-corrected chi connectivity index (χ2v) is 5.11. The fourth-order valence-corrected chi connectivity index (χ4v) is 2.39. The SMILES string of the molecule is CCCC(CCC)(C(=O)NC(C)CC(N)=O)C(N)=NO. The van der Waals surface area contributed by atoms with Crippen molar-refractivity contribution in [2.45, 2.75) is 58.9 Å². The molecule has 0 aromatic heterocycles. The Morgan fingerprint density at radius 3 is 2.10 bits per heavy atom. The van der Waals surface area contributed by atoms with Gasteiger partial charge in [-0.15, -0.1) is 0 Å². The first-order chi connectivity index (χ1) is 9.33. The highest BCUT2D eigenvalue weighted by atomic mass is 16.4. The van der Waals surface area contributed by atoms with Crippen molar-refractivity contribution < 1.29 is 14.8 Å². The number of amidine groups is 1. The Labute approximate surface area is 119 Å². The van der Waals surface area contributed by atoms with E-state index in [1.165, 1.54) is 0 Å². The quantitative estimate of drug-likeness (QED) is 0.215. The van der Waals surface area contributed by atoms with Crippen LogP contribution in [0.5, 0.6) is 0 Å². The third-order valence-electron chi connectivity index (χ3n) is 3.27. The van der Waals surface area contributed by atoms with E-state index in [1.807, 2.05) is 13.8 Å². The number of amides is 2. The molecule has 1 atom stereocenters. The predicted octanol–water partition coefficient (Wildman–Crippen LogP) is 0.700. The minimum Gasteiger partial charge on any atom is -0.409 e. The highest BCUT2D eigenvalue weighted by Gasteiger charge is 2.41. The highest BCUT2D eigenvalue weighted by Crippen LogP contribution is 2.31. The minimum absolute atomic E-state index is 0.0518. The van der Waals surface area contributed by atoms with Gasteiger partial charge in [-0.1, -0.05) is 31.8 Å². The monoisotopic (exact) mass is 286 g/mol. The number of hydrogen-bond donors (Lipinski definition) is 4. The molecule has 0 rings (SSSR count). The summed E-state index contributed by atoms with van der Waals surface area (Å²) in [5.41, 5.74) is 9.82. The summed E-state index contributed by atoms with van der Waals surface area (Å²) in [4.78, 5) is 23.4. The molecule has 0 saturated carbocycles. The van der Waals surface area contributed by atoms with Crippen molar-refractivity contribution in [2.24, 2.45) is 22.0 Å². The number of carbonyl (C=O) groups is 2. The third-order valence-corrected chi connectivity index (χ3v) is 3.27. The summed E-state index contributed by atoms with van der Waals surface area (Å²) in [5, 5.41) is 14.7. The molecule has 2 amide bonds. The Bertz CT molecular complexity index is 363. The van der Waals surface area contributed by atoms with Gasteiger partial charge in [0.1, 0.15) is 5.41 Å². The van der Waals surface area contributed by atoms with Crippen LogP contribution in [0.3, 0.4) is 0 Å². The molecule has 0 fully saturated rings. The first kappa shape index (κ1) is 18.2. The van der Waals surface area contributed by atoms with Crippen LogP contribution in [-0.2, 0) is 9.59 Å². The summed E-state index contributed by atoms with van der Waals surface area (Å²) in [6.45, 7) is 5.54. The largest absolute Gasteiger partial charge is 0.409 e. The summed E-state index contributed by atoms with van der Waals surface area (Å²) in [6, 6.07) is -0.389. The van der Waals surface area contributed by atoms with Crippen LogP contribution in [0.2, 0.25) is 0 Å². The van der Waals surface area contributed by atoms with Gasteiger partial charge in [-0.25, -0.2) is 0 Å². The van der Waals surface area contributed by atoms with Crippen LogP contribution < -0.4 is 16.8 Å². The van der Waals surface area contributed by atoms with Gasteiger partial charge in [-0.3, -0.25) is 9.59 Å². The molecule has 20 heavy (non-hydrogen) atoms. The van der Waals surface area contributed by atoms with Crippen molar-refractivity contribution in [3.63, 3.8) is 0 Å². The van der Waals surface area contributed by atoms with Gasteiger partial charge in [-0.05, 0) is 19.8 Å². The smallest absolute Gasteiger partial charge is 0.234 e. The van der Waals surface area contributed by atoms with Crippen LogP contribution in [0.25, 0.3) is 0 Å². The van der Waals surface area contributed by atoms with E-state index in [0.717, 1.165) is 0 Å². The van der Waals surface area contributed by atoms with Crippen LogP contribution in [0, 0.1) is 5.41 Å². The van der Waals surface area contributed by atoms with Gasteiger partial charge in [0.05, 0.1) is 0 Å². The molecule has 0 aliphatic rings. The van der Waals surface area contributed by atoms with Crippen molar-refractivity contribution in [2.75, 3.05) is 0 Å². The molecule has 7 nitrogen and oxygen atoms in total. The van der Waals surface area contributed by atoms with E-state index in [4.69, 9.17) is 16.7 Å². The maximum Gasteiger partial charge on any atom is 0.234 e. The third kappa shape index (κ3) is 4.71. The number of nitrogens with zero attached hydrogens (tertiary/aromatic N) is 1. The number of primary amides is 1. The van der Waals surface area contributed by atoms with E-state index >= 15 is 0 Å². The Hall–Kier alpha value is -1.79. The number of rotatable bonds is 9. The average molecular weight is 286 g/mol. The van der Waals surface area contributed by atoms with Crippen LogP contribution in [0.1, 0.15) is 52.9 Å². The maximum absolute atomic E-state index is 12.5. The van der Waals surface area contributed by atoms with Gasteiger partial charge in [0, 0.05) is 12.5 Å². The number of carbonyl (C=O) groups excluding carboxylic acids is 2. The molecule has 0 radical (unpaired) electrons. The summed E-state index contributed by atoms with van der Waals surface area (Å²) in [7, 11) is 0. The molecule has 0 bridgehead atoms. The van der Waals surface area contributed by atoms with Gasteiger partial charge in [-0.2, -0.15) is 0 Å². The molecule has 0 heterocycles. The van der Waals surface area contributed by atoms with Crippen LogP contribution in [0.15, 0.2) is 5.16 Å². The standard InChI is InChI=1S/C13H26N4O3/c1-4-6-13(7-5-2,11(15)17-20)12(19)16-9(3)8-10(14)18/h9,20H,4-8H2,1-3H3,(H2,14,18)(H2,15,17)(H,16,19). The zero-order valence-corrected chi connectivity index (χ0v) is 12.5. The minimum atomic E-state index is -1.04. The van der Waals surface area contributed by atoms with Gasteiger partial charge in [0.2, 0.25) is 11.8 Å². The first-order valence-electron chi connectivity index (χ1n) is 6.91. The Morgan fingerprint density at radius 2 is 1.75 bits per heavy atom. The normalized spacial score (nSPS) is 13.8. The predicted molar refractivity (Wildman–Crippen MR) is 77.1 cm³/mol. The first-order valence-corrected chi connectivity index (χ1v) is 6.91. The van der Waals surface area contributed by atoms with E-state index in [9.17, 15) is 9.59 Å². The van der Waals surface area contributed by atoms with Crippen molar-refractivity contribution in [3.8, 4) is 0 Å². The van der Waals surface area contributed by atoms with Crippen LogP contribution in [0.4, 0.5) is 0 Å². The fraction of sp³-hybridized carbons (Fsp3) is 0.769. The molecule has 1 unspecified atom stereocenters. The lowest BCUT2D eigenvalue weighted by Gasteiger charge is -2.31. The van der Waals surface area contributed by atoms with Gasteiger partial charge >= 0.3 is 0 Å². The lowest BCUT2D eigenvalue weighted by molar-refractivity contribution is -0.129. The Balaban J connectivity index is 5.19. The second-order valence-electron chi connectivity index (χ2n) is 5.11. The molecule has 0 aromatic carbocycles. The van der Waals surface area contributed by atoms with E-state index < -0.39 is 11.3 Å². The lowest BCUT2D eigenvalue weighted by Crippen LogP contribution is -2.52. The van der Waals surface area contributed by atoms with E-state index in [1.54, 1.807) is 6.92 Å². The summed E-state index contributed by atoms with van der Waals surface area (Å²) < 4.78 is 0. The molecule has 116 valence electrons. The van der Waals surface area contributed by atoms with Crippen LogP contribution >= 0.6 is 0 Å². The Kier molecular flexibility index (Phi) is 7.64. The molecule has 7 heteroatoms. The summed E-state index contributed by atoms with van der Waals surface area (Å²) in [5.74, 6) is -0.909. The zero-order valence-electron chi connectivity index (χ0n) is 12.5. The molecule has 0 aliphatic carbocycles. The van der Waals surface area contributed by atoms with Crippen LogP contribution in [-0.4, -0.2) is 28.9 Å². The topological polar surface area (TPSA) is 131 Å². The second kappa shape index (κ2) is 8.39. The lowest BCUT2D eigenvalue weighted by atomic mass is 9.77. The zero-order chi connectivity index (χ0) is 15.8. The number of nitrogens with one attached hydrogen (secondary N) is 1. The molecular weight excluding hydrogens is 260 g/mol. The van der Waals surface area contributed by atoms with Gasteiger partial charge in [0.25, 0.3) is 0 Å². The molecule has 0 aromatic rings. The number of nitrogens with two attached hydrogens (primary N) is 2. The van der Waals surface area contributed by atoms with Crippen molar-refractivity contribution in [1.29, 1.82) is 0 Å². The van der Waals surface area contributed by atoms with E-state index in [0.29, 0.717) is 25.7 Å². The average Bonchev–Trinajstić information content (AvgIpc) is 2.36. The van der Waals surface area contributed by atoms with Gasteiger partial charge < -0.3 is 22.0 Å². The molecular formula is C13H26N4O3. The van der Waals surface area contributed by atoms with Crippen molar-refractivity contribution >= 4 is 17.6 Å². The number of oxime groups is 1. The summed E-state index contributed by atoms with van der Waals surface area (Å²) in [6.07, 6.45) is 2.44. The van der Waals surface area contributed by atoms with E-state index in [-0.39, 0.29) is 24.2 Å². The maximum atomic E-state index is 12.5.